The van der Waals surface area contributed by atoms with E-state index in [2.05, 4.69) is 5.32 Å². The van der Waals surface area contributed by atoms with Crippen molar-refractivity contribution in [1.29, 1.82) is 0 Å². The Morgan fingerprint density at radius 2 is 1.69 bits per heavy atom. The molecule has 29 heavy (non-hydrogen) atoms. The topological polar surface area (TPSA) is 67.9 Å². The largest absolute Gasteiger partial charge is 0.497 e. The summed E-state index contributed by atoms with van der Waals surface area (Å²) in [6.45, 7) is 2.09. The fourth-order valence-corrected chi connectivity index (χ4v) is 3.48. The van der Waals surface area contributed by atoms with Gasteiger partial charge in [0.2, 0.25) is 5.91 Å². The molecule has 1 fully saturated rings. The number of nitrogens with zero attached hydrogens (tertiary/aromatic N) is 1. The molecule has 0 aromatic heterocycles. The third-order valence-corrected chi connectivity index (χ3v) is 5.18. The SMILES string of the molecule is COc1ccc(CC(=O)NCc2ccc(C(=O)N3CCCCC3)cc2)c(OC)c1. The molecule has 1 heterocycles. The monoisotopic (exact) mass is 396 g/mol. The van der Waals surface area contributed by atoms with Crippen LogP contribution in [-0.4, -0.2) is 44.0 Å². The average Bonchev–Trinajstić information content (AvgIpc) is 2.78. The van der Waals surface area contributed by atoms with Gasteiger partial charge in [0.25, 0.3) is 5.91 Å². The van der Waals surface area contributed by atoms with E-state index in [1.807, 2.05) is 41.3 Å². The lowest BCUT2D eigenvalue weighted by molar-refractivity contribution is -0.120. The zero-order valence-electron chi connectivity index (χ0n) is 17.1. The fraction of sp³-hybridized carbons (Fsp3) is 0.391. The van der Waals surface area contributed by atoms with Crippen molar-refractivity contribution < 1.29 is 19.1 Å². The normalized spacial score (nSPS) is 13.7. The lowest BCUT2D eigenvalue weighted by Gasteiger charge is -2.26. The van der Waals surface area contributed by atoms with Crippen molar-refractivity contribution in [3.63, 3.8) is 0 Å². The van der Waals surface area contributed by atoms with Gasteiger partial charge >= 0.3 is 0 Å². The third kappa shape index (κ3) is 5.50. The molecule has 0 bridgehead atoms. The van der Waals surface area contributed by atoms with E-state index in [1.165, 1.54) is 6.42 Å². The zero-order chi connectivity index (χ0) is 20.6. The molecule has 0 spiro atoms. The molecule has 0 saturated carbocycles. The van der Waals surface area contributed by atoms with Crippen LogP contribution >= 0.6 is 0 Å². The highest BCUT2D eigenvalue weighted by Gasteiger charge is 2.18. The van der Waals surface area contributed by atoms with Crippen molar-refractivity contribution in [2.45, 2.75) is 32.2 Å². The van der Waals surface area contributed by atoms with E-state index in [-0.39, 0.29) is 18.2 Å². The standard InChI is InChI=1S/C23H28N2O4/c1-28-20-11-10-19(21(15-20)29-2)14-22(26)24-16-17-6-8-18(9-7-17)23(27)25-12-4-3-5-13-25/h6-11,15H,3-5,12-14,16H2,1-2H3,(H,24,26). The number of amides is 2. The maximum Gasteiger partial charge on any atom is 0.253 e. The predicted octanol–water partition coefficient (Wildman–Crippen LogP) is 3.19. The summed E-state index contributed by atoms with van der Waals surface area (Å²) in [6, 6.07) is 12.9. The minimum atomic E-state index is -0.0954. The van der Waals surface area contributed by atoms with Gasteiger partial charge in [-0.05, 0) is 43.0 Å². The molecule has 0 radical (unpaired) electrons. The minimum Gasteiger partial charge on any atom is -0.497 e. The van der Waals surface area contributed by atoms with Gasteiger partial charge in [-0.1, -0.05) is 18.2 Å². The summed E-state index contributed by atoms with van der Waals surface area (Å²) in [4.78, 5) is 26.8. The molecule has 1 aliphatic rings. The van der Waals surface area contributed by atoms with Crippen molar-refractivity contribution in [3.05, 3.63) is 59.2 Å². The van der Waals surface area contributed by atoms with E-state index in [9.17, 15) is 9.59 Å². The van der Waals surface area contributed by atoms with E-state index >= 15 is 0 Å². The summed E-state index contributed by atoms with van der Waals surface area (Å²) in [6.07, 6.45) is 3.58. The van der Waals surface area contributed by atoms with Gasteiger partial charge in [-0.25, -0.2) is 0 Å². The Labute approximate surface area is 171 Å². The minimum absolute atomic E-state index is 0.0897. The van der Waals surface area contributed by atoms with Gasteiger partial charge in [-0.3, -0.25) is 9.59 Å². The van der Waals surface area contributed by atoms with Gasteiger partial charge in [-0.2, -0.15) is 0 Å². The Morgan fingerprint density at radius 1 is 0.966 bits per heavy atom. The van der Waals surface area contributed by atoms with E-state index in [4.69, 9.17) is 9.47 Å². The Bertz CT molecular complexity index is 842. The molecule has 2 aromatic rings. The van der Waals surface area contributed by atoms with Crippen molar-refractivity contribution in [2.75, 3.05) is 27.3 Å². The first-order valence-corrected chi connectivity index (χ1v) is 9.96. The van der Waals surface area contributed by atoms with Crippen LogP contribution in [0.25, 0.3) is 0 Å². The number of methoxy groups -OCH3 is 2. The van der Waals surface area contributed by atoms with Crippen molar-refractivity contribution >= 4 is 11.8 Å². The molecule has 6 heteroatoms. The number of hydrogen-bond acceptors (Lipinski definition) is 4. The van der Waals surface area contributed by atoms with Crippen molar-refractivity contribution in [2.24, 2.45) is 0 Å². The summed E-state index contributed by atoms with van der Waals surface area (Å²) in [5, 5.41) is 2.92. The van der Waals surface area contributed by atoms with Gasteiger partial charge in [0.1, 0.15) is 11.5 Å². The smallest absolute Gasteiger partial charge is 0.253 e. The first-order valence-electron chi connectivity index (χ1n) is 9.96. The number of piperidine rings is 1. The highest BCUT2D eigenvalue weighted by atomic mass is 16.5. The lowest BCUT2D eigenvalue weighted by atomic mass is 10.1. The van der Waals surface area contributed by atoms with Crippen LogP contribution in [0.3, 0.4) is 0 Å². The second-order valence-electron chi connectivity index (χ2n) is 7.18. The first-order chi connectivity index (χ1) is 14.1. The fourth-order valence-electron chi connectivity index (χ4n) is 3.48. The molecule has 3 rings (SSSR count). The Balaban J connectivity index is 1.53. The molecule has 1 aliphatic heterocycles. The van der Waals surface area contributed by atoms with Gasteiger partial charge in [-0.15, -0.1) is 0 Å². The Morgan fingerprint density at radius 3 is 2.34 bits per heavy atom. The van der Waals surface area contributed by atoms with Gasteiger partial charge in [0.05, 0.1) is 20.6 Å². The van der Waals surface area contributed by atoms with Crippen LogP contribution in [0.2, 0.25) is 0 Å². The Hall–Kier alpha value is -3.02. The van der Waals surface area contributed by atoms with Gasteiger partial charge < -0.3 is 19.7 Å². The molecule has 2 aromatic carbocycles. The second-order valence-corrected chi connectivity index (χ2v) is 7.18. The number of ether oxygens (including phenoxy) is 2. The molecular formula is C23H28N2O4. The average molecular weight is 396 g/mol. The summed E-state index contributed by atoms with van der Waals surface area (Å²) in [5.74, 6) is 1.30. The maximum atomic E-state index is 12.5. The number of rotatable bonds is 7. The lowest BCUT2D eigenvalue weighted by Crippen LogP contribution is -2.35. The number of nitrogens with one attached hydrogen (secondary N) is 1. The van der Waals surface area contributed by atoms with E-state index in [0.29, 0.717) is 23.6 Å². The number of carbonyl (C=O) groups excluding carboxylic acids is 2. The van der Waals surface area contributed by atoms with Crippen molar-refractivity contribution in [1.82, 2.24) is 10.2 Å². The van der Waals surface area contributed by atoms with E-state index in [1.54, 1.807) is 20.3 Å². The molecular weight excluding hydrogens is 368 g/mol. The van der Waals surface area contributed by atoms with Crippen LogP contribution in [0, 0.1) is 0 Å². The predicted molar refractivity (Wildman–Crippen MR) is 111 cm³/mol. The van der Waals surface area contributed by atoms with Crippen LogP contribution in [0.15, 0.2) is 42.5 Å². The highest BCUT2D eigenvalue weighted by Crippen LogP contribution is 2.25. The number of benzene rings is 2. The van der Waals surface area contributed by atoms with Crippen LogP contribution in [0.5, 0.6) is 11.5 Å². The Kier molecular flexibility index (Phi) is 7.11. The number of likely N-dealkylation sites (tertiary alicyclic amines) is 1. The van der Waals surface area contributed by atoms with Crippen LogP contribution in [0.4, 0.5) is 0 Å². The number of hydrogen-bond donors (Lipinski definition) is 1. The van der Waals surface area contributed by atoms with Crippen LogP contribution in [0.1, 0.15) is 40.7 Å². The van der Waals surface area contributed by atoms with Crippen LogP contribution < -0.4 is 14.8 Å². The molecule has 0 atom stereocenters. The maximum absolute atomic E-state index is 12.5. The molecule has 1 N–H and O–H groups in total. The van der Waals surface area contributed by atoms with Crippen LogP contribution in [-0.2, 0) is 17.8 Å². The first kappa shape index (κ1) is 20.7. The quantitative estimate of drug-likeness (QED) is 0.781. The second kappa shape index (κ2) is 9.96. The molecule has 2 amide bonds. The summed E-state index contributed by atoms with van der Waals surface area (Å²) >= 11 is 0. The van der Waals surface area contributed by atoms with E-state index in [0.717, 1.165) is 37.1 Å². The van der Waals surface area contributed by atoms with E-state index < -0.39 is 0 Å². The molecule has 6 nitrogen and oxygen atoms in total. The van der Waals surface area contributed by atoms with Gasteiger partial charge in [0.15, 0.2) is 0 Å². The molecule has 154 valence electrons. The molecule has 0 aliphatic carbocycles. The molecule has 0 unspecified atom stereocenters. The zero-order valence-corrected chi connectivity index (χ0v) is 17.1. The highest BCUT2D eigenvalue weighted by molar-refractivity contribution is 5.94. The third-order valence-electron chi connectivity index (χ3n) is 5.18. The summed E-state index contributed by atoms with van der Waals surface area (Å²) in [7, 11) is 3.16. The number of carbonyl (C=O) groups is 2. The van der Waals surface area contributed by atoms with Crippen molar-refractivity contribution in [3.8, 4) is 11.5 Å². The summed E-state index contributed by atoms with van der Waals surface area (Å²) < 4.78 is 10.5. The van der Waals surface area contributed by atoms with Gasteiger partial charge in [0, 0.05) is 36.8 Å². The summed E-state index contributed by atoms with van der Waals surface area (Å²) in [5.41, 5.74) is 2.45. The molecule has 1 saturated heterocycles.